The average molecular weight is 242 g/mol. The maximum absolute atomic E-state index is 4.14. The second-order valence-corrected chi connectivity index (χ2v) is 5.54. The average Bonchev–Trinajstić information content (AvgIpc) is 2.36. The Hall–Kier alpha value is -1.41. The minimum Gasteiger partial charge on any atom is -0.308 e. The molecular weight excluding hydrogens is 220 g/mol. The summed E-state index contributed by atoms with van der Waals surface area (Å²) in [5.41, 5.74) is 1.54. The van der Waals surface area contributed by atoms with Crippen LogP contribution in [0.15, 0.2) is 36.7 Å². The van der Waals surface area contributed by atoms with Crippen LogP contribution >= 0.6 is 0 Å². The van der Waals surface area contributed by atoms with Crippen molar-refractivity contribution in [3.8, 4) is 0 Å². The van der Waals surface area contributed by atoms with Crippen molar-refractivity contribution in [2.45, 2.75) is 45.7 Å². The molecule has 2 rings (SSSR count). The molecule has 0 radical (unpaired) electrons. The number of pyridine rings is 1. The number of benzene rings is 1. The first-order valence-corrected chi connectivity index (χ1v) is 6.68. The zero-order valence-corrected chi connectivity index (χ0v) is 11.5. The van der Waals surface area contributed by atoms with Gasteiger partial charge < -0.3 is 5.32 Å². The van der Waals surface area contributed by atoms with Gasteiger partial charge in [-0.25, -0.2) is 0 Å². The van der Waals surface area contributed by atoms with Gasteiger partial charge in [-0.15, -0.1) is 0 Å². The second kappa shape index (κ2) is 5.49. The maximum Gasteiger partial charge on any atom is 0.0346 e. The lowest BCUT2D eigenvalue weighted by molar-refractivity contribution is 0.357. The molecule has 0 bridgehead atoms. The summed E-state index contributed by atoms with van der Waals surface area (Å²) in [6.45, 7) is 7.68. The molecule has 1 aromatic heterocycles. The number of rotatable bonds is 5. The quantitative estimate of drug-likeness (QED) is 0.860. The van der Waals surface area contributed by atoms with Crippen molar-refractivity contribution in [3.05, 3.63) is 42.2 Å². The van der Waals surface area contributed by atoms with E-state index in [2.05, 4.69) is 55.3 Å². The summed E-state index contributed by atoms with van der Waals surface area (Å²) >= 11 is 0. The molecule has 0 aliphatic rings. The summed E-state index contributed by atoms with van der Waals surface area (Å²) in [6.07, 6.45) is 6.17. The highest BCUT2D eigenvalue weighted by Crippen LogP contribution is 2.16. The Labute approximate surface area is 109 Å². The van der Waals surface area contributed by atoms with Crippen LogP contribution in [0.25, 0.3) is 10.8 Å². The van der Waals surface area contributed by atoms with Crippen LogP contribution in [-0.2, 0) is 6.54 Å². The largest absolute Gasteiger partial charge is 0.308 e. The predicted molar refractivity (Wildman–Crippen MR) is 77.6 cm³/mol. The Kier molecular flexibility index (Phi) is 3.97. The molecule has 0 aliphatic heterocycles. The van der Waals surface area contributed by atoms with Gasteiger partial charge in [0.15, 0.2) is 0 Å². The maximum atomic E-state index is 4.14. The van der Waals surface area contributed by atoms with Crippen LogP contribution in [-0.4, -0.2) is 10.5 Å². The van der Waals surface area contributed by atoms with Gasteiger partial charge in [-0.05, 0) is 43.4 Å². The number of nitrogens with one attached hydrogen (secondary N) is 1. The summed E-state index contributed by atoms with van der Waals surface area (Å²) in [5, 5.41) is 6.09. The van der Waals surface area contributed by atoms with Crippen molar-refractivity contribution < 1.29 is 0 Å². The highest BCUT2D eigenvalue weighted by atomic mass is 14.9. The third-order valence-electron chi connectivity index (χ3n) is 3.35. The molecule has 1 aromatic carbocycles. The zero-order chi connectivity index (χ0) is 13.0. The van der Waals surface area contributed by atoms with Crippen molar-refractivity contribution in [3.63, 3.8) is 0 Å². The summed E-state index contributed by atoms with van der Waals surface area (Å²) in [7, 11) is 0. The molecule has 96 valence electrons. The molecule has 1 heterocycles. The molecule has 18 heavy (non-hydrogen) atoms. The molecule has 0 amide bonds. The smallest absolute Gasteiger partial charge is 0.0346 e. The minimum absolute atomic E-state index is 0.210. The Morgan fingerprint density at radius 2 is 2.00 bits per heavy atom. The SMILES string of the molecule is CCCC(C)(C)NCc1ccc2cnccc2c1. The summed E-state index contributed by atoms with van der Waals surface area (Å²) < 4.78 is 0. The third kappa shape index (κ3) is 3.30. The van der Waals surface area contributed by atoms with Crippen LogP contribution < -0.4 is 5.32 Å². The molecule has 1 N–H and O–H groups in total. The first kappa shape index (κ1) is 13.0. The fourth-order valence-electron chi connectivity index (χ4n) is 2.30. The summed E-state index contributed by atoms with van der Waals surface area (Å²) in [5.74, 6) is 0. The first-order valence-electron chi connectivity index (χ1n) is 6.68. The van der Waals surface area contributed by atoms with Gasteiger partial charge in [0.25, 0.3) is 0 Å². The molecule has 0 atom stereocenters. The van der Waals surface area contributed by atoms with Gasteiger partial charge in [-0.2, -0.15) is 0 Å². The van der Waals surface area contributed by atoms with E-state index in [1.807, 2.05) is 12.4 Å². The van der Waals surface area contributed by atoms with Crippen molar-refractivity contribution in [1.29, 1.82) is 0 Å². The van der Waals surface area contributed by atoms with E-state index in [4.69, 9.17) is 0 Å². The molecule has 0 saturated carbocycles. The van der Waals surface area contributed by atoms with Gasteiger partial charge in [-0.1, -0.05) is 25.5 Å². The van der Waals surface area contributed by atoms with Gasteiger partial charge >= 0.3 is 0 Å². The third-order valence-corrected chi connectivity index (χ3v) is 3.35. The number of hydrogen-bond donors (Lipinski definition) is 1. The predicted octanol–water partition coefficient (Wildman–Crippen LogP) is 3.90. The molecule has 2 aromatic rings. The van der Waals surface area contributed by atoms with Crippen molar-refractivity contribution in [2.75, 3.05) is 0 Å². The lowest BCUT2D eigenvalue weighted by atomic mass is 9.98. The molecular formula is C16H22N2. The standard InChI is InChI=1S/C16H22N2/c1-4-8-16(2,3)18-11-13-5-6-15-12-17-9-7-14(15)10-13/h5-7,9-10,12,18H,4,8,11H2,1-3H3. The van der Waals surface area contributed by atoms with E-state index >= 15 is 0 Å². The van der Waals surface area contributed by atoms with Crippen molar-refractivity contribution >= 4 is 10.8 Å². The number of nitrogens with zero attached hydrogens (tertiary/aromatic N) is 1. The Bertz CT molecular complexity index is 517. The lowest BCUT2D eigenvalue weighted by Gasteiger charge is -2.26. The highest BCUT2D eigenvalue weighted by Gasteiger charge is 2.14. The van der Waals surface area contributed by atoms with Crippen LogP contribution in [0.4, 0.5) is 0 Å². The van der Waals surface area contributed by atoms with Crippen LogP contribution in [0.3, 0.4) is 0 Å². The van der Waals surface area contributed by atoms with Gasteiger partial charge in [0.2, 0.25) is 0 Å². The van der Waals surface area contributed by atoms with Gasteiger partial charge in [0.05, 0.1) is 0 Å². The zero-order valence-electron chi connectivity index (χ0n) is 11.5. The Morgan fingerprint density at radius 1 is 1.17 bits per heavy atom. The summed E-state index contributed by atoms with van der Waals surface area (Å²) in [6, 6.07) is 8.63. The van der Waals surface area contributed by atoms with Crippen LogP contribution in [0.2, 0.25) is 0 Å². The van der Waals surface area contributed by atoms with Crippen LogP contribution in [0.1, 0.15) is 39.2 Å². The van der Waals surface area contributed by atoms with E-state index in [9.17, 15) is 0 Å². The highest BCUT2D eigenvalue weighted by molar-refractivity contribution is 5.81. The Balaban J connectivity index is 2.08. The molecule has 2 heteroatoms. The van der Waals surface area contributed by atoms with Gasteiger partial charge in [-0.3, -0.25) is 4.98 Å². The van der Waals surface area contributed by atoms with Crippen molar-refractivity contribution in [2.24, 2.45) is 0 Å². The second-order valence-electron chi connectivity index (χ2n) is 5.54. The van der Waals surface area contributed by atoms with Gasteiger partial charge in [0.1, 0.15) is 0 Å². The van der Waals surface area contributed by atoms with E-state index in [1.165, 1.54) is 29.2 Å². The molecule has 2 nitrogen and oxygen atoms in total. The Morgan fingerprint density at radius 3 is 2.78 bits per heavy atom. The minimum atomic E-state index is 0.210. The number of fused-ring (bicyclic) bond motifs is 1. The molecule has 0 spiro atoms. The number of aromatic nitrogens is 1. The normalized spacial score (nSPS) is 11.9. The molecule has 0 aliphatic carbocycles. The first-order chi connectivity index (χ1) is 8.61. The van der Waals surface area contributed by atoms with Crippen LogP contribution in [0, 0.1) is 0 Å². The van der Waals surface area contributed by atoms with E-state index in [-0.39, 0.29) is 5.54 Å². The van der Waals surface area contributed by atoms with Crippen molar-refractivity contribution in [1.82, 2.24) is 10.3 Å². The number of hydrogen-bond acceptors (Lipinski definition) is 2. The monoisotopic (exact) mass is 242 g/mol. The lowest BCUT2D eigenvalue weighted by Crippen LogP contribution is -2.38. The molecule has 0 saturated heterocycles. The van der Waals surface area contributed by atoms with E-state index in [0.29, 0.717) is 0 Å². The molecule has 0 unspecified atom stereocenters. The topological polar surface area (TPSA) is 24.9 Å². The summed E-state index contributed by atoms with van der Waals surface area (Å²) in [4.78, 5) is 4.14. The fraction of sp³-hybridized carbons (Fsp3) is 0.438. The molecule has 0 fully saturated rings. The van der Waals surface area contributed by atoms with E-state index in [1.54, 1.807) is 0 Å². The van der Waals surface area contributed by atoms with Crippen LogP contribution in [0.5, 0.6) is 0 Å². The van der Waals surface area contributed by atoms with Gasteiger partial charge in [0, 0.05) is 29.9 Å². The van der Waals surface area contributed by atoms with E-state index < -0.39 is 0 Å². The van der Waals surface area contributed by atoms with E-state index in [0.717, 1.165) is 6.54 Å². The fourth-order valence-corrected chi connectivity index (χ4v) is 2.30.